The van der Waals surface area contributed by atoms with Crippen molar-refractivity contribution in [1.82, 2.24) is 0 Å². The molecule has 3 aromatic rings. The zero-order chi connectivity index (χ0) is 16.6. The van der Waals surface area contributed by atoms with Crippen LogP contribution in [-0.2, 0) is 0 Å². The Hall–Kier alpha value is -1.90. The first-order chi connectivity index (χ1) is 12.4. The van der Waals surface area contributed by atoms with Gasteiger partial charge in [0.15, 0.2) is 0 Å². The van der Waals surface area contributed by atoms with E-state index in [1.165, 1.54) is 16.2 Å². The Morgan fingerprint density at radius 2 is 0.920 bits per heavy atom. The molecule has 0 saturated carbocycles. The minimum absolute atomic E-state index is 0.567. The summed E-state index contributed by atoms with van der Waals surface area (Å²) in [7, 11) is 0. The molecule has 0 N–H and O–H groups in total. The molecule has 0 amide bonds. The minimum Gasteiger partial charge on any atom is -0.0930 e. The summed E-state index contributed by atoms with van der Waals surface area (Å²) in [4.78, 5) is 5.80. The van der Waals surface area contributed by atoms with E-state index in [4.69, 9.17) is 0 Å². The van der Waals surface area contributed by atoms with Crippen molar-refractivity contribution in [3.8, 4) is 0 Å². The van der Waals surface area contributed by atoms with Crippen molar-refractivity contribution in [2.75, 3.05) is 0 Å². The lowest BCUT2D eigenvalue weighted by molar-refractivity contribution is 0.797. The molecular formula is C23H18S2. The molecule has 2 aliphatic carbocycles. The Morgan fingerprint density at radius 3 is 1.36 bits per heavy atom. The lowest BCUT2D eigenvalue weighted by Gasteiger charge is -2.22. The SMILES string of the molecule is c1ccc(SC2=C(Sc3ccccc3)C3CC2c2ccccc23)cc1. The van der Waals surface area contributed by atoms with E-state index in [1.54, 1.807) is 20.9 Å². The summed E-state index contributed by atoms with van der Waals surface area (Å²) < 4.78 is 0. The molecule has 2 heteroatoms. The van der Waals surface area contributed by atoms with Crippen LogP contribution in [0.5, 0.6) is 0 Å². The predicted molar refractivity (Wildman–Crippen MR) is 108 cm³/mol. The second-order valence-electron chi connectivity index (χ2n) is 6.53. The second-order valence-corrected chi connectivity index (χ2v) is 8.76. The molecule has 0 spiro atoms. The fraction of sp³-hybridized carbons (Fsp3) is 0.130. The van der Waals surface area contributed by atoms with Crippen molar-refractivity contribution in [3.63, 3.8) is 0 Å². The summed E-state index contributed by atoms with van der Waals surface area (Å²) in [6.07, 6.45) is 1.24. The standard InChI is InChI=1S/C23H18S2/c1-3-9-16(10-4-1)24-22-20-15-21(19-14-8-7-13-18(19)20)23(22)25-17-11-5-2-6-12-17/h1-14,20-21H,15H2. The van der Waals surface area contributed by atoms with Gasteiger partial charge in [-0.25, -0.2) is 0 Å². The molecule has 5 rings (SSSR count). The number of allylic oxidation sites excluding steroid dienone is 2. The molecular weight excluding hydrogens is 340 g/mol. The van der Waals surface area contributed by atoms with Crippen LogP contribution >= 0.6 is 23.5 Å². The molecule has 0 aromatic heterocycles. The van der Waals surface area contributed by atoms with E-state index in [9.17, 15) is 0 Å². The van der Waals surface area contributed by atoms with Crippen molar-refractivity contribution in [2.45, 2.75) is 28.0 Å². The van der Waals surface area contributed by atoms with Crippen LogP contribution in [0.2, 0.25) is 0 Å². The van der Waals surface area contributed by atoms with Gasteiger partial charge in [-0.15, -0.1) is 0 Å². The number of fused-ring (bicyclic) bond motifs is 5. The smallest absolute Gasteiger partial charge is 0.0173 e. The van der Waals surface area contributed by atoms with Gasteiger partial charge in [-0.05, 0) is 41.8 Å². The molecule has 122 valence electrons. The van der Waals surface area contributed by atoms with Gasteiger partial charge in [0.2, 0.25) is 0 Å². The average Bonchev–Trinajstić information content (AvgIpc) is 3.21. The molecule has 0 saturated heterocycles. The Balaban J connectivity index is 1.57. The normalized spacial score (nSPS) is 20.8. The molecule has 3 aromatic carbocycles. The van der Waals surface area contributed by atoms with E-state index >= 15 is 0 Å². The maximum absolute atomic E-state index is 2.33. The summed E-state index contributed by atoms with van der Waals surface area (Å²) in [5, 5.41) is 0. The maximum atomic E-state index is 2.33. The van der Waals surface area contributed by atoms with Crippen molar-refractivity contribution >= 4 is 23.5 Å². The fourth-order valence-corrected chi connectivity index (χ4v) is 6.51. The van der Waals surface area contributed by atoms with Gasteiger partial charge in [-0.2, -0.15) is 0 Å². The number of benzene rings is 3. The van der Waals surface area contributed by atoms with Gasteiger partial charge in [0, 0.05) is 31.4 Å². The Bertz CT molecular complexity index is 852. The molecule has 2 aliphatic rings. The summed E-state index contributed by atoms with van der Waals surface area (Å²) in [5.41, 5.74) is 3.09. The Morgan fingerprint density at radius 1 is 0.520 bits per heavy atom. The first-order valence-corrected chi connectivity index (χ1v) is 10.3. The van der Waals surface area contributed by atoms with Crippen molar-refractivity contribution in [1.29, 1.82) is 0 Å². The average molecular weight is 359 g/mol. The van der Waals surface area contributed by atoms with Crippen LogP contribution in [-0.4, -0.2) is 0 Å². The zero-order valence-corrected chi connectivity index (χ0v) is 15.4. The van der Waals surface area contributed by atoms with E-state index in [2.05, 4.69) is 84.9 Å². The van der Waals surface area contributed by atoms with Gasteiger partial charge in [-0.1, -0.05) is 84.2 Å². The predicted octanol–water partition coefficient (Wildman–Crippen LogP) is 7.07. The molecule has 0 radical (unpaired) electrons. The van der Waals surface area contributed by atoms with Gasteiger partial charge in [0.05, 0.1) is 0 Å². The van der Waals surface area contributed by atoms with Crippen LogP contribution in [0.25, 0.3) is 0 Å². The van der Waals surface area contributed by atoms with E-state index < -0.39 is 0 Å². The van der Waals surface area contributed by atoms with E-state index in [-0.39, 0.29) is 0 Å². The third-order valence-corrected chi connectivity index (χ3v) is 7.63. The van der Waals surface area contributed by atoms with Crippen molar-refractivity contribution in [3.05, 3.63) is 106 Å². The van der Waals surface area contributed by atoms with Crippen LogP contribution < -0.4 is 0 Å². The van der Waals surface area contributed by atoms with Crippen molar-refractivity contribution in [2.24, 2.45) is 0 Å². The summed E-state index contributed by atoms with van der Waals surface area (Å²) in [6.45, 7) is 0. The van der Waals surface area contributed by atoms with Crippen molar-refractivity contribution < 1.29 is 0 Å². The highest BCUT2D eigenvalue weighted by Gasteiger charge is 2.43. The van der Waals surface area contributed by atoms with Gasteiger partial charge >= 0.3 is 0 Å². The molecule has 0 heterocycles. The van der Waals surface area contributed by atoms with Gasteiger partial charge < -0.3 is 0 Å². The van der Waals surface area contributed by atoms with Gasteiger partial charge in [0.25, 0.3) is 0 Å². The highest BCUT2D eigenvalue weighted by atomic mass is 32.2. The molecule has 2 bridgehead atoms. The highest BCUT2D eigenvalue weighted by Crippen LogP contribution is 2.63. The van der Waals surface area contributed by atoms with Crippen LogP contribution in [0.1, 0.15) is 29.4 Å². The fourth-order valence-electron chi connectivity index (χ4n) is 3.95. The lowest BCUT2D eigenvalue weighted by atomic mass is 9.97. The minimum atomic E-state index is 0.567. The largest absolute Gasteiger partial charge is 0.0930 e. The Labute approximate surface area is 157 Å². The van der Waals surface area contributed by atoms with Crippen LogP contribution in [0, 0.1) is 0 Å². The molecule has 2 atom stereocenters. The van der Waals surface area contributed by atoms with Crippen LogP contribution in [0.3, 0.4) is 0 Å². The Kier molecular flexibility index (Phi) is 3.95. The first kappa shape index (κ1) is 15.4. The molecule has 25 heavy (non-hydrogen) atoms. The number of rotatable bonds is 4. The highest BCUT2D eigenvalue weighted by molar-refractivity contribution is 8.07. The molecule has 0 fully saturated rings. The van der Waals surface area contributed by atoms with Gasteiger partial charge in [-0.3, -0.25) is 0 Å². The van der Waals surface area contributed by atoms with E-state index in [0.29, 0.717) is 11.8 Å². The summed E-state index contributed by atoms with van der Waals surface area (Å²) in [5.74, 6) is 1.13. The number of hydrogen-bond donors (Lipinski definition) is 0. The third kappa shape index (κ3) is 2.74. The third-order valence-electron chi connectivity index (χ3n) is 5.04. The first-order valence-electron chi connectivity index (χ1n) is 8.69. The number of thioether (sulfide) groups is 2. The quantitative estimate of drug-likeness (QED) is 0.489. The second kappa shape index (κ2) is 6.44. The molecule has 2 unspecified atom stereocenters. The topological polar surface area (TPSA) is 0 Å². The van der Waals surface area contributed by atoms with Crippen LogP contribution in [0.15, 0.2) is 105 Å². The zero-order valence-electron chi connectivity index (χ0n) is 13.8. The van der Waals surface area contributed by atoms with Gasteiger partial charge in [0.1, 0.15) is 0 Å². The van der Waals surface area contributed by atoms with Crippen LogP contribution in [0.4, 0.5) is 0 Å². The molecule has 0 nitrogen and oxygen atoms in total. The number of hydrogen-bond acceptors (Lipinski definition) is 2. The maximum Gasteiger partial charge on any atom is 0.0173 e. The summed E-state index contributed by atoms with van der Waals surface area (Å²) >= 11 is 3.93. The lowest BCUT2D eigenvalue weighted by Crippen LogP contribution is -2.01. The van der Waals surface area contributed by atoms with E-state index in [0.717, 1.165) is 0 Å². The monoisotopic (exact) mass is 358 g/mol. The summed E-state index contributed by atoms with van der Waals surface area (Å²) in [6, 6.07) is 30.6. The molecule has 0 aliphatic heterocycles. The van der Waals surface area contributed by atoms with E-state index in [1.807, 2.05) is 23.5 Å².